The summed E-state index contributed by atoms with van der Waals surface area (Å²) in [6.07, 6.45) is 0.981. The molecule has 0 saturated carbocycles. The molecule has 5 heteroatoms. The van der Waals surface area contributed by atoms with Crippen LogP contribution >= 0.6 is 0 Å². The topological polar surface area (TPSA) is 64.0 Å². The number of hydrogen-bond donors (Lipinski definition) is 1. The molecule has 1 N–H and O–H groups in total. The predicted molar refractivity (Wildman–Crippen MR) is 112 cm³/mol. The minimum absolute atomic E-state index is 0.0965. The Kier molecular flexibility index (Phi) is 5.93. The second-order valence-electron chi connectivity index (χ2n) is 7.48. The molecule has 0 bridgehead atoms. The number of rotatable bonds is 6. The Morgan fingerprint density at radius 2 is 1.71 bits per heavy atom. The van der Waals surface area contributed by atoms with Crippen molar-refractivity contribution in [3.8, 4) is 0 Å². The highest BCUT2D eigenvalue weighted by Crippen LogP contribution is 2.22. The van der Waals surface area contributed by atoms with E-state index < -0.39 is 0 Å². The Balaban J connectivity index is 1.82. The number of amides is 1. The molecule has 3 rings (SSSR count). The van der Waals surface area contributed by atoms with Crippen LogP contribution in [0, 0.1) is 12.8 Å². The first kappa shape index (κ1) is 19.8. The normalized spacial score (nSPS) is 12.3. The average Bonchev–Trinajstić information content (AvgIpc) is 2.70. The van der Waals surface area contributed by atoms with Crippen molar-refractivity contribution in [1.82, 2.24) is 15.1 Å². The van der Waals surface area contributed by atoms with E-state index in [4.69, 9.17) is 0 Å². The fourth-order valence-corrected chi connectivity index (χ4v) is 3.46. The summed E-state index contributed by atoms with van der Waals surface area (Å²) in [4.78, 5) is 25.4. The van der Waals surface area contributed by atoms with Crippen LogP contribution < -0.4 is 10.9 Å². The third-order valence-corrected chi connectivity index (χ3v) is 5.08. The molecule has 1 aromatic heterocycles. The first-order valence-corrected chi connectivity index (χ1v) is 9.75. The highest BCUT2D eigenvalue weighted by Gasteiger charge is 2.19. The van der Waals surface area contributed by atoms with Crippen molar-refractivity contribution in [1.29, 1.82) is 0 Å². The maximum absolute atomic E-state index is 12.7. The van der Waals surface area contributed by atoms with Gasteiger partial charge in [-0.2, -0.15) is 5.10 Å². The van der Waals surface area contributed by atoms with Gasteiger partial charge in [0.2, 0.25) is 5.91 Å². The molecular weight excluding hydrogens is 350 g/mol. The quantitative estimate of drug-likeness (QED) is 0.711. The van der Waals surface area contributed by atoms with Gasteiger partial charge in [-0.1, -0.05) is 63.2 Å². The summed E-state index contributed by atoms with van der Waals surface area (Å²) in [5, 5.41) is 8.81. The lowest BCUT2D eigenvalue weighted by Gasteiger charge is -2.23. The number of benzene rings is 2. The zero-order valence-electron chi connectivity index (χ0n) is 16.9. The summed E-state index contributed by atoms with van der Waals surface area (Å²) in [5.41, 5.74) is 2.82. The molecule has 0 saturated heterocycles. The third-order valence-electron chi connectivity index (χ3n) is 5.08. The highest BCUT2D eigenvalue weighted by molar-refractivity contribution is 5.83. The number of fused-ring (bicyclic) bond motifs is 1. The SMILES string of the molecule is CCc1ccc([C@@H](NC(=O)Cn2nc(C)c3ccccc3c2=O)C(C)C)cc1. The van der Waals surface area contributed by atoms with E-state index in [-0.39, 0.29) is 30.0 Å². The second kappa shape index (κ2) is 8.38. The molecule has 1 atom stereocenters. The smallest absolute Gasteiger partial charge is 0.275 e. The maximum atomic E-state index is 12.7. The average molecular weight is 377 g/mol. The van der Waals surface area contributed by atoms with Crippen molar-refractivity contribution < 1.29 is 4.79 Å². The van der Waals surface area contributed by atoms with Gasteiger partial charge in [0.15, 0.2) is 0 Å². The van der Waals surface area contributed by atoms with Gasteiger partial charge < -0.3 is 5.32 Å². The molecule has 5 nitrogen and oxygen atoms in total. The van der Waals surface area contributed by atoms with Crippen LogP contribution in [0.15, 0.2) is 53.3 Å². The molecule has 146 valence electrons. The van der Waals surface area contributed by atoms with Crippen LogP contribution in [0.5, 0.6) is 0 Å². The van der Waals surface area contributed by atoms with E-state index in [0.717, 1.165) is 23.1 Å². The molecule has 2 aromatic carbocycles. The lowest BCUT2D eigenvalue weighted by Crippen LogP contribution is -2.37. The molecule has 0 aliphatic carbocycles. The minimum atomic E-state index is -0.246. The van der Waals surface area contributed by atoms with Crippen LogP contribution in [0.1, 0.15) is 43.6 Å². The number of carbonyl (C=O) groups excluding carboxylic acids is 1. The van der Waals surface area contributed by atoms with Gasteiger partial charge in [0.25, 0.3) is 5.56 Å². The van der Waals surface area contributed by atoms with Crippen LogP contribution in [-0.4, -0.2) is 15.7 Å². The summed E-state index contributed by atoms with van der Waals surface area (Å²) in [7, 11) is 0. The van der Waals surface area contributed by atoms with Gasteiger partial charge in [-0.3, -0.25) is 9.59 Å². The van der Waals surface area contributed by atoms with E-state index in [2.05, 4.69) is 55.5 Å². The first-order valence-electron chi connectivity index (χ1n) is 9.75. The van der Waals surface area contributed by atoms with Gasteiger partial charge in [-0.05, 0) is 36.5 Å². The molecular formula is C23H27N3O2. The fraction of sp³-hybridized carbons (Fsp3) is 0.348. The molecule has 0 unspecified atom stereocenters. The van der Waals surface area contributed by atoms with Crippen LogP contribution in [0.25, 0.3) is 10.8 Å². The predicted octanol–water partition coefficient (Wildman–Crippen LogP) is 3.78. The summed E-state index contributed by atoms with van der Waals surface area (Å²) in [5.74, 6) is 0.00185. The Labute approximate surface area is 165 Å². The van der Waals surface area contributed by atoms with Crippen molar-refractivity contribution in [2.75, 3.05) is 0 Å². The first-order chi connectivity index (χ1) is 13.4. The lowest BCUT2D eigenvalue weighted by molar-refractivity contribution is -0.123. The Morgan fingerprint density at radius 3 is 2.32 bits per heavy atom. The number of aryl methyl sites for hydroxylation is 2. The zero-order valence-corrected chi connectivity index (χ0v) is 16.9. The fourth-order valence-electron chi connectivity index (χ4n) is 3.46. The lowest BCUT2D eigenvalue weighted by atomic mass is 9.95. The summed E-state index contributed by atoms with van der Waals surface area (Å²) in [6.45, 7) is 8.02. The van der Waals surface area contributed by atoms with Gasteiger partial charge in [-0.25, -0.2) is 4.68 Å². The molecule has 0 radical (unpaired) electrons. The van der Waals surface area contributed by atoms with Gasteiger partial charge >= 0.3 is 0 Å². The third kappa shape index (κ3) is 4.14. The maximum Gasteiger partial charge on any atom is 0.275 e. The van der Waals surface area contributed by atoms with Crippen molar-refractivity contribution in [3.05, 3.63) is 75.7 Å². The Bertz CT molecular complexity index is 1040. The molecule has 0 spiro atoms. The van der Waals surface area contributed by atoms with E-state index in [1.165, 1.54) is 10.2 Å². The van der Waals surface area contributed by atoms with E-state index in [1.54, 1.807) is 6.07 Å². The van der Waals surface area contributed by atoms with Crippen molar-refractivity contribution in [2.45, 2.75) is 46.7 Å². The minimum Gasteiger partial charge on any atom is -0.347 e. The number of aromatic nitrogens is 2. The van der Waals surface area contributed by atoms with Crippen LogP contribution in [0.2, 0.25) is 0 Å². The highest BCUT2D eigenvalue weighted by atomic mass is 16.2. The molecule has 0 aliphatic rings. The van der Waals surface area contributed by atoms with Crippen molar-refractivity contribution in [2.24, 2.45) is 5.92 Å². The Morgan fingerprint density at radius 1 is 1.07 bits per heavy atom. The number of carbonyl (C=O) groups is 1. The summed E-state index contributed by atoms with van der Waals surface area (Å²) >= 11 is 0. The van der Waals surface area contributed by atoms with Gasteiger partial charge in [0.05, 0.1) is 17.1 Å². The van der Waals surface area contributed by atoms with E-state index in [9.17, 15) is 9.59 Å². The molecule has 1 heterocycles. The zero-order chi connectivity index (χ0) is 20.3. The van der Waals surface area contributed by atoms with Gasteiger partial charge in [0, 0.05) is 5.39 Å². The largest absolute Gasteiger partial charge is 0.347 e. The van der Waals surface area contributed by atoms with E-state index in [1.807, 2.05) is 25.1 Å². The number of nitrogens with zero attached hydrogens (tertiary/aromatic N) is 2. The number of hydrogen-bond acceptors (Lipinski definition) is 3. The van der Waals surface area contributed by atoms with Crippen LogP contribution in [-0.2, 0) is 17.8 Å². The second-order valence-corrected chi connectivity index (χ2v) is 7.48. The Hall–Kier alpha value is -2.95. The van der Waals surface area contributed by atoms with E-state index >= 15 is 0 Å². The van der Waals surface area contributed by atoms with Crippen molar-refractivity contribution in [3.63, 3.8) is 0 Å². The monoisotopic (exact) mass is 377 g/mol. The molecule has 3 aromatic rings. The molecule has 0 fully saturated rings. The standard InChI is InChI=1S/C23H27N3O2/c1-5-17-10-12-18(13-11-17)22(15(2)3)24-21(27)14-26-23(28)20-9-7-6-8-19(20)16(4)25-26/h6-13,15,22H,5,14H2,1-4H3,(H,24,27)/t22-/m0/s1. The van der Waals surface area contributed by atoms with E-state index in [0.29, 0.717) is 5.39 Å². The van der Waals surface area contributed by atoms with Crippen LogP contribution in [0.4, 0.5) is 0 Å². The summed E-state index contributed by atoms with van der Waals surface area (Å²) < 4.78 is 1.25. The summed E-state index contributed by atoms with van der Waals surface area (Å²) in [6, 6.07) is 15.5. The van der Waals surface area contributed by atoms with Gasteiger partial charge in [0.1, 0.15) is 6.54 Å². The molecule has 28 heavy (non-hydrogen) atoms. The molecule has 1 amide bonds. The number of nitrogens with one attached hydrogen (secondary N) is 1. The van der Waals surface area contributed by atoms with Gasteiger partial charge in [-0.15, -0.1) is 0 Å². The van der Waals surface area contributed by atoms with Crippen LogP contribution in [0.3, 0.4) is 0 Å². The molecule has 0 aliphatic heterocycles. The van der Waals surface area contributed by atoms with Crippen molar-refractivity contribution >= 4 is 16.7 Å².